The monoisotopic (exact) mass is 389 g/mol. The van der Waals surface area contributed by atoms with Gasteiger partial charge in [-0.05, 0) is 85.3 Å². The molecule has 4 aliphatic rings. The minimum atomic E-state index is -3.50. The smallest absolute Gasteiger partial charge is 0.211 e. The summed E-state index contributed by atoms with van der Waals surface area (Å²) < 4.78 is 28.8. The van der Waals surface area contributed by atoms with E-state index < -0.39 is 10.0 Å². The fourth-order valence-corrected chi connectivity index (χ4v) is 7.66. The van der Waals surface area contributed by atoms with E-state index in [-0.39, 0.29) is 5.41 Å². The van der Waals surface area contributed by atoms with E-state index in [1.807, 2.05) is 18.2 Å². The third-order valence-corrected chi connectivity index (χ3v) is 8.64. The molecule has 2 aromatic carbocycles. The molecule has 0 radical (unpaired) electrons. The van der Waals surface area contributed by atoms with Gasteiger partial charge in [-0.1, -0.05) is 29.8 Å². The van der Waals surface area contributed by atoms with Crippen LogP contribution in [-0.2, 0) is 10.0 Å². The van der Waals surface area contributed by atoms with Crippen molar-refractivity contribution < 1.29 is 8.42 Å². The number of hydrogen-bond donors (Lipinski definition) is 1. The molecule has 0 spiro atoms. The molecule has 2 aromatic rings. The maximum Gasteiger partial charge on any atom is 0.240 e. The molecule has 0 aliphatic heterocycles. The van der Waals surface area contributed by atoms with E-state index in [0.717, 1.165) is 28.5 Å². The third kappa shape index (κ3) is 2.87. The Hall–Kier alpha value is -1.10. The molecule has 4 fully saturated rings. The first-order chi connectivity index (χ1) is 12.4. The van der Waals surface area contributed by atoms with Crippen molar-refractivity contribution >= 4 is 32.4 Å². The molecule has 4 saturated carbocycles. The highest BCUT2D eigenvalue weighted by molar-refractivity contribution is 7.89. The molecular formula is C21H24ClNO2S. The van der Waals surface area contributed by atoms with Gasteiger partial charge in [0.2, 0.25) is 10.0 Å². The van der Waals surface area contributed by atoms with Crippen LogP contribution in [0.15, 0.2) is 41.3 Å². The van der Waals surface area contributed by atoms with Gasteiger partial charge in [0.25, 0.3) is 0 Å². The summed E-state index contributed by atoms with van der Waals surface area (Å²) in [5.74, 6) is 2.48. The van der Waals surface area contributed by atoms with Crippen LogP contribution in [0, 0.1) is 23.2 Å². The Morgan fingerprint density at radius 1 is 1.00 bits per heavy atom. The average Bonchev–Trinajstić information content (AvgIpc) is 2.59. The van der Waals surface area contributed by atoms with Crippen molar-refractivity contribution in [2.24, 2.45) is 23.2 Å². The second-order valence-corrected chi connectivity index (χ2v) is 11.0. The molecule has 0 amide bonds. The Morgan fingerprint density at radius 3 is 2.31 bits per heavy atom. The van der Waals surface area contributed by atoms with Gasteiger partial charge in [0.05, 0.1) is 4.90 Å². The highest BCUT2D eigenvalue weighted by Crippen LogP contribution is 2.59. The normalized spacial score (nSPS) is 33.0. The molecule has 0 aromatic heterocycles. The lowest BCUT2D eigenvalue weighted by Crippen LogP contribution is -2.51. The zero-order valence-electron chi connectivity index (χ0n) is 14.7. The largest absolute Gasteiger partial charge is 0.240 e. The minimum Gasteiger partial charge on any atom is -0.211 e. The molecule has 1 N–H and O–H groups in total. The molecule has 0 saturated heterocycles. The Labute approximate surface area is 160 Å². The van der Waals surface area contributed by atoms with Crippen molar-refractivity contribution in [2.45, 2.75) is 43.4 Å². The van der Waals surface area contributed by atoms with Crippen LogP contribution in [0.2, 0.25) is 5.02 Å². The summed E-state index contributed by atoms with van der Waals surface area (Å²) in [6.45, 7) is 0.590. The molecule has 6 rings (SSSR count). The second-order valence-electron chi connectivity index (χ2n) is 8.86. The van der Waals surface area contributed by atoms with E-state index in [4.69, 9.17) is 11.6 Å². The molecule has 0 atom stereocenters. The van der Waals surface area contributed by atoms with Crippen LogP contribution in [0.1, 0.15) is 38.5 Å². The van der Waals surface area contributed by atoms with E-state index in [9.17, 15) is 8.42 Å². The van der Waals surface area contributed by atoms with Crippen LogP contribution >= 0.6 is 11.6 Å². The zero-order chi connectivity index (χ0) is 17.9. The van der Waals surface area contributed by atoms with Crippen LogP contribution in [0.25, 0.3) is 10.8 Å². The lowest BCUT2D eigenvalue weighted by atomic mass is 9.50. The summed E-state index contributed by atoms with van der Waals surface area (Å²) in [7, 11) is -3.50. The van der Waals surface area contributed by atoms with E-state index in [1.165, 1.54) is 38.5 Å². The number of nitrogens with one attached hydrogen (secondary N) is 1. The Balaban J connectivity index is 1.38. The first-order valence-corrected chi connectivity index (χ1v) is 11.5. The predicted molar refractivity (Wildman–Crippen MR) is 105 cm³/mol. The Bertz CT molecular complexity index is 934. The molecule has 0 unspecified atom stereocenters. The molecule has 5 heteroatoms. The average molecular weight is 390 g/mol. The van der Waals surface area contributed by atoms with Crippen molar-refractivity contribution in [1.29, 1.82) is 0 Å². The Kier molecular flexibility index (Phi) is 3.90. The first-order valence-electron chi connectivity index (χ1n) is 9.60. The summed E-state index contributed by atoms with van der Waals surface area (Å²) in [5, 5.41) is 2.39. The SMILES string of the molecule is O=S(=O)(NCC12CC3CC(CC(C3)C1)C2)c1ccc2c(Cl)cccc2c1. The zero-order valence-corrected chi connectivity index (χ0v) is 16.3. The van der Waals surface area contributed by atoms with Crippen molar-refractivity contribution in [2.75, 3.05) is 6.54 Å². The standard InChI is InChI=1S/C21H24ClNO2S/c22-20-3-1-2-17-9-18(4-5-19(17)20)26(24,25)23-13-21-10-14-6-15(11-21)8-16(7-14)12-21/h1-5,9,14-16,23H,6-8,10-13H2. The molecular weight excluding hydrogens is 366 g/mol. The quantitative estimate of drug-likeness (QED) is 0.800. The van der Waals surface area contributed by atoms with Crippen molar-refractivity contribution in [1.82, 2.24) is 4.72 Å². The molecule has 138 valence electrons. The van der Waals surface area contributed by atoms with E-state index >= 15 is 0 Å². The third-order valence-electron chi connectivity index (χ3n) is 6.91. The van der Waals surface area contributed by atoms with Gasteiger partial charge in [-0.2, -0.15) is 0 Å². The number of halogens is 1. The van der Waals surface area contributed by atoms with Gasteiger partial charge < -0.3 is 0 Å². The molecule has 26 heavy (non-hydrogen) atoms. The predicted octanol–water partition coefficient (Wildman–Crippen LogP) is 4.99. The van der Waals surface area contributed by atoms with E-state index in [0.29, 0.717) is 16.5 Å². The van der Waals surface area contributed by atoms with Gasteiger partial charge >= 0.3 is 0 Å². The second kappa shape index (κ2) is 5.95. The number of benzene rings is 2. The number of rotatable bonds is 4. The maximum atomic E-state index is 12.9. The summed E-state index contributed by atoms with van der Waals surface area (Å²) in [6.07, 6.45) is 7.73. The first kappa shape index (κ1) is 17.0. The van der Waals surface area contributed by atoms with Crippen molar-refractivity contribution in [3.63, 3.8) is 0 Å². The Morgan fingerprint density at radius 2 is 1.65 bits per heavy atom. The lowest BCUT2D eigenvalue weighted by Gasteiger charge is -2.56. The van der Waals surface area contributed by atoms with Gasteiger partial charge in [-0.3, -0.25) is 0 Å². The molecule has 3 nitrogen and oxygen atoms in total. The molecule has 0 heterocycles. The van der Waals surface area contributed by atoms with Gasteiger partial charge in [0.15, 0.2) is 0 Å². The van der Waals surface area contributed by atoms with Crippen LogP contribution in [0.5, 0.6) is 0 Å². The van der Waals surface area contributed by atoms with E-state index in [2.05, 4.69) is 4.72 Å². The van der Waals surface area contributed by atoms with Crippen LogP contribution in [-0.4, -0.2) is 15.0 Å². The van der Waals surface area contributed by atoms with Crippen molar-refractivity contribution in [3.8, 4) is 0 Å². The van der Waals surface area contributed by atoms with Crippen molar-refractivity contribution in [3.05, 3.63) is 41.4 Å². The van der Waals surface area contributed by atoms with Crippen LogP contribution < -0.4 is 4.72 Å². The maximum absolute atomic E-state index is 12.9. The van der Waals surface area contributed by atoms with Crippen LogP contribution in [0.4, 0.5) is 0 Å². The highest BCUT2D eigenvalue weighted by atomic mass is 35.5. The minimum absolute atomic E-state index is 0.196. The summed E-state index contributed by atoms with van der Waals surface area (Å²) in [5.41, 5.74) is 0.196. The summed E-state index contributed by atoms with van der Waals surface area (Å²) in [4.78, 5) is 0.331. The fourth-order valence-electron chi connectivity index (χ4n) is 6.23. The summed E-state index contributed by atoms with van der Waals surface area (Å²) in [6, 6.07) is 10.8. The highest BCUT2D eigenvalue weighted by Gasteiger charge is 2.50. The van der Waals surface area contributed by atoms with Gasteiger partial charge in [-0.25, -0.2) is 13.1 Å². The summed E-state index contributed by atoms with van der Waals surface area (Å²) >= 11 is 6.20. The van der Waals surface area contributed by atoms with Gasteiger partial charge in [0.1, 0.15) is 0 Å². The van der Waals surface area contributed by atoms with Gasteiger partial charge in [-0.15, -0.1) is 0 Å². The number of sulfonamides is 1. The van der Waals surface area contributed by atoms with Gasteiger partial charge in [0, 0.05) is 17.0 Å². The lowest BCUT2D eigenvalue weighted by molar-refractivity contribution is -0.0487. The van der Waals surface area contributed by atoms with Crippen LogP contribution in [0.3, 0.4) is 0 Å². The molecule has 4 aliphatic carbocycles. The topological polar surface area (TPSA) is 46.2 Å². The fraction of sp³-hybridized carbons (Fsp3) is 0.524. The number of hydrogen-bond acceptors (Lipinski definition) is 2. The van der Waals surface area contributed by atoms with E-state index in [1.54, 1.807) is 18.2 Å². The molecule has 4 bridgehead atoms. The number of fused-ring (bicyclic) bond motifs is 1.